The van der Waals surface area contributed by atoms with E-state index in [1.54, 1.807) is 30.3 Å². The van der Waals surface area contributed by atoms with Crippen molar-refractivity contribution in [3.8, 4) is 6.07 Å². The monoisotopic (exact) mass is 246 g/mol. The lowest BCUT2D eigenvalue weighted by atomic mass is 10.1. The van der Waals surface area contributed by atoms with E-state index >= 15 is 0 Å². The molecule has 1 atom stereocenters. The molecule has 18 heavy (non-hydrogen) atoms. The summed E-state index contributed by atoms with van der Waals surface area (Å²) in [6.45, 7) is 0. The van der Waals surface area contributed by atoms with Crippen LogP contribution in [0.15, 0.2) is 30.3 Å². The molecule has 0 radical (unpaired) electrons. The van der Waals surface area contributed by atoms with Crippen LogP contribution in [0.5, 0.6) is 0 Å². The molecule has 0 fully saturated rings. The molecule has 0 spiro atoms. The number of aliphatic carboxylic acids is 1. The number of carbonyl (C=O) groups excluding carboxylic acids is 1. The first-order valence-corrected chi connectivity index (χ1v) is 5.61. The number of nitriles is 1. The summed E-state index contributed by atoms with van der Waals surface area (Å²) >= 11 is 0. The number of nitrogens with one attached hydrogen (secondary N) is 1. The largest absolute Gasteiger partial charge is 0.480 e. The maximum Gasteiger partial charge on any atom is 0.326 e. The number of nitrogens with zero attached hydrogens (tertiary/aromatic N) is 1. The van der Waals surface area contributed by atoms with Gasteiger partial charge in [-0.3, -0.25) is 4.79 Å². The SMILES string of the molecule is N#CCCC[C@@H](NC(=O)c1ccccc1)C(=O)O. The highest BCUT2D eigenvalue weighted by molar-refractivity contribution is 5.96. The Morgan fingerprint density at radius 2 is 2.00 bits per heavy atom. The Hall–Kier alpha value is -2.35. The zero-order valence-corrected chi connectivity index (χ0v) is 9.80. The summed E-state index contributed by atoms with van der Waals surface area (Å²) in [6, 6.07) is 9.41. The first kappa shape index (κ1) is 13.7. The van der Waals surface area contributed by atoms with Gasteiger partial charge >= 0.3 is 5.97 Å². The van der Waals surface area contributed by atoms with Gasteiger partial charge in [0.05, 0.1) is 6.07 Å². The predicted molar refractivity (Wildman–Crippen MR) is 64.8 cm³/mol. The van der Waals surface area contributed by atoms with Gasteiger partial charge in [0.25, 0.3) is 5.91 Å². The van der Waals surface area contributed by atoms with Crippen LogP contribution in [-0.4, -0.2) is 23.0 Å². The first-order chi connectivity index (χ1) is 8.65. The molecule has 0 aliphatic heterocycles. The van der Waals surface area contributed by atoms with Gasteiger partial charge in [0.15, 0.2) is 0 Å². The second-order valence-corrected chi connectivity index (χ2v) is 3.78. The minimum atomic E-state index is -1.09. The van der Waals surface area contributed by atoms with E-state index in [4.69, 9.17) is 10.4 Å². The molecule has 0 aliphatic carbocycles. The lowest BCUT2D eigenvalue weighted by molar-refractivity contribution is -0.139. The summed E-state index contributed by atoms with van der Waals surface area (Å²) in [6.07, 6.45) is 0.981. The van der Waals surface area contributed by atoms with E-state index in [9.17, 15) is 9.59 Å². The van der Waals surface area contributed by atoms with Gasteiger partial charge in [0.1, 0.15) is 6.04 Å². The summed E-state index contributed by atoms with van der Waals surface area (Å²) < 4.78 is 0. The topological polar surface area (TPSA) is 90.2 Å². The molecule has 1 aromatic rings. The Bertz CT molecular complexity index is 451. The molecule has 2 N–H and O–H groups in total. The van der Waals surface area contributed by atoms with Crippen molar-refractivity contribution >= 4 is 11.9 Å². The van der Waals surface area contributed by atoms with Crippen LogP contribution in [0.3, 0.4) is 0 Å². The Labute approximate surface area is 105 Å². The van der Waals surface area contributed by atoms with Crippen LogP contribution >= 0.6 is 0 Å². The third kappa shape index (κ3) is 4.26. The highest BCUT2D eigenvalue weighted by Crippen LogP contribution is 2.04. The molecule has 1 aromatic carbocycles. The number of rotatable bonds is 6. The van der Waals surface area contributed by atoms with Crippen molar-refractivity contribution in [1.29, 1.82) is 5.26 Å². The molecule has 0 aromatic heterocycles. The number of hydrogen-bond acceptors (Lipinski definition) is 3. The molecule has 0 unspecified atom stereocenters. The fraction of sp³-hybridized carbons (Fsp3) is 0.308. The number of unbranched alkanes of at least 4 members (excludes halogenated alkanes) is 1. The normalized spacial score (nSPS) is 11.3. The molecule has 0 saturated heterocycles. The fourth-order valence-corrected chi connectivity index (χ4v) is 1.47. The van der Waals surface area contributed by atoms with Crippen LogP contribution in [0, 0.1) is 11.3 Å². The summed E-state index contributed by atoms with van der Waals surface area (Å²) in [5, 5.41) is 19.8. The van der Waals surface area contributed by atoms with Crippen molar-refractivity contribution in [3.05, 3.63) is 35.9 Å². The standard InChI is InChI=1S/C13H14N2O3/c14-9-5-4-8-11(13(17)18)15-12(16)10-6-2-1-3-7-10/h1-3,6-7,11H,4-5,8H2,(H,15,16)(H,17,18)/t11-/m1/s1. The Morgan fingerprint density at radius 1 is 1.33 bits per heavy atom. The summed E-state index contributed by atoms with van der Waals surface area (Å²) in [7, 11) is 0. The van der Waals surface area contributed by atoms with Crippen molar-refractivity contribution in [1.82, 2.24) is 5.32 Å². The van der Waals surface area contributed by atoms with Crippen molar-refractivity contribution in [2.24, 2.45) is 0 Å². The van der Waals surface area contributed by atoms with E-state index < -0.39 is 17.9 Å². The minimum Gasteiger partial charge on any atom is -0.480 e. The lowest BCUT2D eigenvalue weighted by Gasteiger charge is -2.13. The quantitative estimate of drug-likeness (QED) is 0.745. The van der Waals surface area contributed by atoms with Gasteiger partial charge in [0.2, 0.25) is 0 Å². The maximum absolute atomic E-state index is 11.8. The molecule has 0 saturated carbocycles. The second kappa shape index (κ2) is 7.07. The third-order valence-corrected chi connectivity index (χ3v) is 2.42. The van der Waals surface area contributed by atoms with Crippen molar-refractivity contribution in [3.63, 3.8) is 0 Å². The number of benzene rings is 1. The molecule has 0 heterocycles. The molecule has 5 heteroatoms. The molecule has 5 nitrogen and oxygen atoms in total. The third-order valence-electron chi connectivity index (χ3n) is 2.42. The first-order valence-electron chi connectivity index (χ1n) is 5.61. The predicted octanol–water partition coefficient (Wildman–Crippen LogP) is 1.56. The number of carboxylic acids is 1. The summed E-state index contributed by atoms with van der Waals surface area (Å²) in [4.78, 5) is 22.7. The van der Waals surface area contributed by atoms with Crippen molar-refractivity contribution < 1.29 is 14.7 Å². The van der Waals surface area contributed by atoms with Crippen LogP contribution in [-0.2, 0) is 4.79 Å². The summed E-state index contributed by atoms with van der Waals surface area (Å²) in [5.41, 5.74) is 0.420. The lowest BCUT2D eigenvalue weighted by Crippen LogP contribution is -2.40. The van der Waals surface area contributed by atoms with Gasteiger partial charge in [-0.2, -0.15) is 5.26 Å². The van der Waals surface area contributed by atoms with E-state index in [1.165, 1.54) is 0 Å². The average Bonchev–Trinajstić information content (AvgIpc) is 2.38. The van der Waals surface area contributed by atoms with Crippen molar-refractivity contribution in [2.75, 3.05) is 0 Å². The van der Waals surface area contributed by atoms with Gasteiger partial charge in [-0.1, -0.05) is 18.2 Å². The second-order valence-electron chi connectivity index (χ2n) is 3.78. The molecular weight excluding hydrogens is 232 g/mol. The van der Waals surface area contributed by atoms with E-state index in [1.807, 2.05) is 6.07 Å². The highest BCUT2D eigenvalue weighted by atomic mass is 16.4. The maximum atomic E-state index is 11.8. The van der Waals surface area contributed by atoms with E-state index in [0.29, 0.717) is 12.0 Å². The van der Waals surface area contributed by atoms with Gasteiger partial charge in [-0.15, -0.1) is 0 Å². The smallest absolute Gasteiger partial charge is 0.326 e. The minimum absolute atomic E-state index is 0.251. The number of amides is 1. The molecule has 0 aliphatic rings. The molecule has 0 bridgehead atoms. The van der Waals surface area contributed by atoms with E-state index in [2.05, 4.69) is 5.32 Å². The average molecular weight is 246 g/mol. The van der Waals surface area contributed by atoms with Gasteiger partial charge in [-0.05, 0) is 25.0 Å². The Kier molecular flexibility index (Phi) is 5.39. The Morgan fingerprint density at radius 3 is 2.56 bits per heavy atom. The van der Waals surface area contributed by atoms with Crippen molar-refractivity contribution in [2.45, 2.75) is 25.3 Å². The molecule has 1 amide bonds. The molecule has 94 valence electrons. The number of carbonyl (C=O) groups is 2. The zero-order valence-electron chi connectivity index (χ0n) is 9.80. The summed E-state index contributed by atoms with van der Waals surface area (Å²) in [5.74, 6) is -1.50. The van der Waals surface area contributed by atoms with Gasteiger partial charge in [-0.25, -0.2) is 4.79 Å². The number of carboxylic acid groups (broad SMARTS) is 1. The molecular formula is C13H14N2O3. The van der Waals surface area contributed by atoms with Crippen LogP contribution in [0.1, 0.15) is 29.6 Å². The van der Waals surface area contributed by atoms with E-state index in [0.717, 1.165) is 0 Å². The van der Waals surface area contributed by atoms with Crippen LogP contribution in [0.25, 0.3) is 0 Å². The molecule has 1 rings (SSSR count). The van der Waals surface area contributed by atoms with Gasteiger partial charge in [0, 0.05) is 12.0 Å². The zero-order chi connectivity index (χ0) is 13.4. The highest BCUT2D eigenvalue weighted by Gasteiger charge is 2.19. The fourth-order valence-electron chi connectivity index (χ4n) is 1.47. The number of hydrogen-bond donors (Lipinski definition) is 2. The van der Waals surface area contributed by atoms with Gasteiger partial charge < -0.3 is 10.4 Å². The van der Waals surface area contributed by atoms with Crippen LogP contribution in [0.4, 0.5) is 0 Å². The van der Waals surface area contributed by atoms with Crippen LogP contribution in [0.2, 0.25) is 0 Å². The van der Waals surface area contributed by atoms with Crippen LogP contribution < -0.4 is 5.32 Å². The Balaban J connectivity index is 2.59. The van der Waals surface area contributed by atoms with E-state index in [-0.39, 0.29) is 12.8 Å².